The molecule has 0 saturated carbocycles. The van der Waals surface area contributed by atoms with Gasteiger partial charge in [-0.3, -0.25) is 0 Å². The van der Waals surface area contributed by atoms with Gasteiger partial charge in [0.1, 0.15) is 5.82 Å². The van der Waals surface area contributed by atoms with Crippen LogP contribution in [0.4, 0.5) is 0 Å². The average Bonchev–Trinajstić information content (AvgIpc) is 2.46. The predicted octanol–water partition coefficient (Wildman–Crippen LogP) is 1.93. The first-order chi connectivity index (χ1) is 7.09. The van der Waals surface area contributed by atoms with Crippen molar-refractivity contribution in [2.24, 2.45) is 0 Å². The molecule has 0 bridgehead atoms. The standard InChI is InChI=1S/C9H13ClN2O2S/c10-15(13,14)9-7-11-8-5-3-1-2-4-6-12(8)9/h7H,1-6H2. The molecule has 0 spiro atoms. The Hall–Kier alpha value is -0.550. The molecule has 0 aliphatic carbocycles. The highest BCUT2D eigenvalue weighted by atomic mass is 35.7. The molecule has 1 aromatic heterocycles. The fraction of sp³-hybridized carbons (Fsp3) is 0.667. The Labute approximate surface area is 93.7 Å². The van der Waals surface area contributed by atoms with Crippen molar-refractivity contribution in [2.75, 3.05) is 0 Å². The molecule has 15 heavy (non-hydrogen) atoms. The molecule has 4 nitrogen and oxygen atoms in total. The van der Waals surface area contributed by atoms with Gasteiger partial charge in [-0.2, -0.15) is 0 Å². The first kappa shape index (κ1) is 11.0. The van der Waals surface area contributed by atoms with Crippen molar-refractivity contribution in [1.82, 2.24) is 9.55 Å². The summed E-state index contributed by atoms with van der Waals surface area (Å²) >= 11 is 0. The van der Waals surface area contributed by atoms with E-state index in [0.717, 1.165) is 31.5 Å². The Morgan fingerprint density at radius 1 is 1.27 bits per heavy atom. The molecule has 2 rings (SSSR count). The largest absolute Gasteiger partial charge is 0.318 e. The molecule has 0 aromatic carbocycles. The molecule has 6 heteroatoms. The van der Waals surface area contributed by atoms with E-state index in [1.165, 1.54) is 12.6 Å². The lowest BCUT2D eigenvalue weighted by Crippen LogP contribution is -2.11. The molecule has 0 fully saturated rings. The second-order valence-electron chi connectivity index (χ2n) is 3.77. The van der Waals surface area contributed by atoms with Gasteiger partial charge in [-0.25, -0.2) is 13.4 Å². The second-order valence-corrected chi connectivity index (χ2v) is 6.28. The first-order valence-corrected chi connectivity index (χ1v) is 7.39. The van der Waals surface area contributed by atoms with Crippen LogP contribution in [0, 0.1) is 0 Å². The monoisotopic (exact) mass is 248 g/mol. The number of imidazole rings is 1. The number of fused-ring (bicyclic) bond motifs is 1. The fourth-order valence-corrected chi connectivity index (χ4v) is 2.94. The number of halogens is 1. The van der Waals surface area contributed by atoms with Crippen LogP contribution < -0.4 is 0 Å². The molecular weight excluding hydrogens is 236 g/mol. The fourth-order valence-electron chi connectivity index (χ4n) is 1.94. The van der Waals surface area contributed by atoms with Crippen molar-refractivity contribution in [3.63, 3.8) is 0 Å². The molecule has 1 aromatic rings. The third-order valence-electron chi connectivity index (χ3n) is 2.68. The van der Waals surface area contributed by atoms with Gasteiger partial charge < -0.3 is 4.57 Å². The summed E-state index contributed by atoms with van der Waals surface area (Å²) in [4.78, 5) is 4.12. The third-order valence-corrected chi connectivity index (χ3v) is 3.98. The minimum absolute atomic E-state index is 0.140. The van der Waals surface area contributed by atoms with Gasteiger partial charge in [0.2, 0.25) is 0 Å². The second kappa shape index (κ2) is 4.14. The quantitative estimate of drug-likeness (QED) is 0.714. The van der Waals surface area contributed by atoms with Gasteiger partial charge in [-0.15, -0.1) is 0 Å². The van der Waals surface area contributed by atoms with Crippen molar-refractivity contribution in [3.05, 3.63) is 12.0 Å². The summed E-state index contributed by atoms with van der Waals surface area (Å²) in [6, 6.07) is 0. The molecule has 0 amide bonds. The van der Waals surface area contributed by atoms with Gasteiger partial charge in [0.25, 0.3) is 9.05 Å². The van der Waals surface area contributed by atoms with E-state index in [1.54, 1.807) is 4.57 Å². The summed E-state index contributed by atoms with van der Waals surface area (Å²) in [5.41, 5.74) is 0. The SMILES string of the molecule is O=S(=O)(Cl)c1cnc2n1CCCCCC2. The number of aryl methyl sites for hydroxylation is 1. The van der Waals surface area contributed by atoms with E-state index >= 15 is 0 Å². The molecule has 0 unspecified atom stereocenters. The predicted molar refractivity (Wildman–Crippen MR) is 57.4 cm³/mol. The van der Waals surface area contributed by atoms with E-state index in [4.69, 9.17) is 10.7 Å². The summed E-state index contributed by atoms with van der Waals surface area (Å²) in [5, 5.41) is 0.140. The van der Waals surface area contributed by atoms with E-state index in [2.05, 4.69) is 4.98 Å². The van der Waals surface area contributed by atoms with Gasteiger partial charge >= 0.3 is 0 Å². The maximum Gasteiger partial charge on any atom is 0.278 e. The van der Waals surface area contributed by atoms with Gasteiger partial charge in [0.05, 0.1) is 6.20 Å². The molecule has 0 N–H and O–H groups in total. The molecule has 0 atom stereocenters. The lowest BCUT2D eigenvalue weighted by Gasteiger charge is -2.13. The lowest BCUT2D eigenvalue weighted by atomic mass is 10.1. The highest BCUT2D eigenvalue weighted by Crippen LogP contribution is 2.21. The average molecular weight is 249 g/mol. The van der Waals surface area contributed by atoms with Crippen LogP contribution in [-0.4, -0.2) is 18.0 Å². The summed E-state index contributed by atoms with van der Waals surface area (Å²) < 4.78 is 24.3. The van der Waals surface area contributed by atoms with Crippen LogP contribution in [0.5, 0.6) is 0 Å². The van der Waals surface area contributed by atoms with E-state index in [-0.39, 0.29) is 5.03 Å². The Bertz CT molecular complexity index is 453. The molecule has 0 radical (unpaired) electrons. The Morgan fingerprint density at radius 2 is 2.00 bits per heavy atom. The Morgan fingerprint density at radius 3 is 2.73 bits per heavy atom. The van der Waals surface area contributed by atoms with Gasteiger partial charge in [-0.1, -0.05) is 12.8 Å². The highest BCUT2D eigenvalue weighted by Gasteiger charge is 2.20. The van der Waals surface area contributed by atoms with E-state index in [0.29, 0.717) is 6.54 Å². The van der Waals surface area contributed by atoms with Crippen LogP contribution in [0.1, 0.15) is 31.5 Å². The number of aromatic nitrogens is 2. The van der Waals surface area contributed by atoms with E-state index < -0.39 is 9.05 Å². The lowest BCUT2D eigenvalue weighted by molar-refractivity contribution is 0.490. The molecule has 2 heterocycles. The molecule has 1 aliphatic heterocycles. The number of hydrogen-bond donors (Lipinski definition) is 0. The summed E-state index contributed by atoms with van der Waals surface area (Å²) in [5.74, 6) is 0.842. The topological polar surface area (TPSA) is 52.0 Å². The minimum Gasteiger partial charge on any atom is -0.318 e. The van der Waals surface area contributed by atoms with Gasteiger partial charge in [0, 0.05) is 23.6 Å². The zero-order chi connectivity index (χ0) is 10.9. The van der Waals surface area contributed by atoms with Gasteiger partial charge in [0.15, 0.2) is 5.03 Å². The zero-order valence-electron chi connectivity index (χ0n) is 8.32. The van der Waals surface area contributed by atoms with Crippen LogP contribution in [-0.2, 0) is 22.0 Å². The van der Waals surface area contributed by atoms with Crippen molar-refractivity contribution in [1.29, 1.82) is 0 Å². The van der Waals surface area contributed by atoms with E-state index in [9.17, 15) is 8.42 Å². The number of hydrogen-bond acceptors (Lipinski definition) is 3. The number of nitrogens with zero attached hydrogens (tertiary/aromatic N) is 2. The Balaban J connectivity index is 2.43. The van der Waals surface area contributed by atoms with Crippen molar-refractivity contribution in [3.8, 4) is 0 Å². The first-order valence-electron chi connectivity index (χ1n) is 5.08. The van der Waals surface area contributed by atoms with Crippen LogP contribution >= 0.6 is 10.7 Å². The van der Waals surface area contributed by atoms with Crippen molar-refractivity contribution >= 4 is 19.7 Å². The smallest absolute Gasteiger partial charge is 0.278 e. The molecular formula is C9H13ClN2O2S. The van der Waals surface area contributed by atoms with Crippen LogP contribution in [0.3, 0.4) is 0 Å². The molecule has 84 valence electrons. The van der Waals surface area contributed by atoms with Crippen LogP contribution in [0.25, 0.3) is 0 Å². The van der Waals surface area contributed by atoms with Crippen molar-refractivity contribution < 1.29 is 8.42 Å². The highest BCUT2D eigenvalue weighted by molar-refractivity contribution is 8.13. The zero-order valence-corrected chi connectivity index (χ0v) is 9.89. The minimum atomic E-state index is -3.66. The van der Waals surface area contributed by atoms with Gasteiger partial charge in [-0.05, 0) is 12.8 Å². The third kappa shape index (κ3) is 2.34. The molecule has 0 saturated heterocycles. The molecule has 1 aliphatic rings. The summed E-state index contributed by atoms with van der Waals surface area (Å²) in [7, 11) is 1.69. The maximum atomic E-state index is 11.3. The summed E-state index contributed by atoms with van der Waals surface area (Å²) in [6.45, 7) is 0.705. The van der Waals surface area contributed by atoms with Crippen LogP contribution in [0.2, 0.25) is 0 Å². The summed E-state index contributed by atoms with van der Waals surface area (Å²) in [6.07, 6.45) is 6.59. The number of rotatable bonds is 1. The Kier molecular flexibility index (Phi) is 3.02. The maximum absolute atomic E-state index is 11.3. The van der Waals surface area contributed by atoms with Crippen molar-refractivity contribution in [2.45, 2.75) is 43.7 Å². The normalized spacial score (nSPS) is 17.9. The van der Waals surface area contributed by atoms with E-state index in [1.807, 2.05) is 0 Å². The van der Waals surface area contributed by atoms with Crippen LogP contribution in [0.15, 0.2) is 11.2 Å².